The van der Waals surface area contributed by atoms with Crippen molar-refractivity contribution < 1.29 is 23.9 Å². The van der Waals surface area contributed by atoms with Gasteiger partial charge in [0.2, 0.25) is 11.8 Å². The van der Waals surface area contributed by atoms with Crippen molar-refractivity contribution in [1.82, 2.24) is 0 Å². The van der Waals surface area contributed by atoms with Gasteiger partial charge in [0.05, 0.1) is 27.4 Å². The fraction of sp³-hybridized carbons (Fsp3) is 0.200. The fourth-order valence-electron chi connectivity index (χ4n) is 2.72. The Kier molecular flexibility index (Phi) is 7.36. The first-order valence-electron chi connectivity index (χ1n) is 8.79. The molecule has 30 heavy (non-hydrogen) atoms. The van der Waals surface area contributed by atoms with Crippen molar-refractivity contribution in [2.24, 2.45) is 0 Å². The summed E-state index contributed by atoms with van der Waals surface area (Å²) >= 11 is 12.8. The van der Waals surface area contributed by atoms with E-state index in [9.17, 15) is 19.2 Å². The van der Waals surface area contributed by atoms with Gasteiger partial charge in [-0.1, -0.05) is 41.4 Å². The number of anilines is 2. The Morgan fingerprint density at radius 3 is 2.60 bits per heavy atom. The number of ether oxygens (including phenoxy) is 1. The van der Waals surface area contributed by atoms with E-state index in [2.05, 4.69) is 5.32 Å². The average molecular weight is 467 g/mol. The number of para-hydroxylation sites is 1. The van der Waals surface area contributed by atoms with Gasteiger partial charge in [-0.05, 0) is 30.3 Å². The predicted molar refractivity (Wildman–Crippen MR) is 116 cm³/mol. The maximum atomic E-state index is 12.5. The number of benzene rings is 2. The Balaban J connectivity index is 1.46. The minimum Gasteiger partial charge on any atom is -0.455 e. The quantitative estimate of drug-likeness (QED) is 0.495. The highest BCUT2D eigenvalue weighted by Crippen LogP contribution is 2.29. The number of carbonyl (C=O) groups excluding carboxylic acids is 4. The van der Waals surface area contributed by atoms with Crippen molar-refractivity contribution in [3.8, 4) is 0 Å². The number of nitrogens with zero attached hydrogens (tertiary/aromatic N) is 1. The molecule has 1 aliphatic rings. The third kappa shape index (κ3) is 5.53. The van der Waals surface area contributed by atoms with Crippen LogP contribution in [0.15, 0.2) is 48.5 Å². The van der Waals surface area contributed by atoms with Crippen molar-refractivity contribution in [2.45, 2.75) is 11.7 Å². The number of amides is 3. The number of hydrogen-bond donors (Lipinski definition) is 1. The number of hydrogen-bond acceptors (Lipinski definition) is 6. The first-order valence-corrected chi connectivity index (χ1v) is 10.6. The highest BCUT2D eigenvalue weighted by molar-refractivity contribution is 8.01. The van der Waals surface area contributed by atoms with E-state index in [0.29, 0.717) is 21.4 Å². The Labute approximate surface area is 186 Å². The maximum Gasteiger partial charge on any atom is 0.316 e. The molecule has 0 unspecified atom stereocenters. The van der Waals surface area contributed by atoms with E-state index in [1.165, 1.54) is 12.1 Å². The molecule has 0 aromatic heterocycles. The number of thioether (sulfide) groups is 1. The Morgan fingerprint density at radius 2 is 1.87 bits per heavy atom. The smallest absolute Gasteiger partial charge is 0.316 e. The first-order chi connectivity index (χ1) is 14.3. The number of imide groups is 1. The molecule has 2 aromatic carbocycles. The molecule has 1 saturated heterocycles. The summed E-state index contributed by atoms with van der Waals surface area (Å²) in [6, 6.07) is 13.2. The minimum atomic E-state index is -0.677. The van der Waals surface area contributed by atoms with Gasteiger partial charge in [-0.2, -0.15) is 0 Å². The molecule has 7 nitrogen and oxygen atoms in total. The molecule has 3 rings (SSSR count). The van der Waals surface area contributed by atoms with Crippen LogP contribution in [0.4, 0.5) is 11.4 Å². The predicted octanol–water partition coefficient (Wildman–Crippen LogP) is 3.54. The second-order valence-electron chi connectivity index (χ2n) is 6.24. The number of rotatable bonds is 7. The average Bonchev–Trinajstić information content (AvgIpc) is 3.01. The number of esters is 1. The van der Waals surface area contributed by atoms with Gasteiger partial charge in [0.15, 0.2) is 6.61 Å². The van der Waals surface area contributed by atoms with Crippen LogP contribution >= 0.6 is 35.0 Å². The summed E-state index contributed by atoms with van der Waals surface area (Å²) in [5.41, 5.74) is 0.796. The fourth-order valence-corrected chi connectivity index (χ4v) is 3.98. The molecule has 1 heterocycles. The Bertz CT molecular complexity index is 986. The lowest BCUT2D eigenvalue weighted by Crippen LogP contribution is -2.31. The molecule has 2 aromatic rings. The Hall–Kier alpha value is -2.55. The van der Waals surface area contributed by atoms with E-state index in [-0.39, 0.29) is 24.0 Å². The molecular weight excluding hydrogens is 451 g/mol. The largest absolute Gasteiger partial charge is 0.455 e. The second kappa shape index (κ2) is 9.97. The van der Waals surface area contributed by atoms with E-state index >= 15 is 0 Å². The minimum absolute atomic E-state index is 0.000569. The SMILES string of the molecule is O=C(COC(=O)CS[C@H]1CC(=O)N(c2ccccc2)C1=O)Nc1cc(Cl)ccc1Cl. The van der Waals surface area contributed by atoms with Gasteiger partial charge >= 0.3 is 5.97 Å². The van der Waals surface area contributed by atoms with Crippen LogP contribution in [-0.2, 0) is 23.9 Å². The number of carbonyl (C=O) groups is 4. The topological polar surface area (TPSA) is 92.8 Å². The normalized spacial score (nSPS) is 15.9. The van der Waals surface area contributed by atoms with Gasteiger partial charge in [0, 0.05) is 11.4 Å². The van der Waals surface area contributed by atoms with E-state index in [1.54, 1.807) is 36.4 Å². The van der Waals surface area contributed by atoms with E-state index < -0.39 is 23.7 Å². The molecule has 10 heteroatoms. The van der Waals surface area contributed by atoms with Crippen molar-refractivity contribution >= 4 is 70.0 Å². The lowest BCUT2D eigenvalue weighted by molar-refractivity contribution is -0.144. The highest BCUT2D eigenvalue weighted by atomic mass is 35.5. The molecular formula is C20H16Cl2N2O5S. The third-order valence-corrected chi connectivity index (χ3v) is 5.83. The summed E-state index contributed by atoms with van der Waals surface area (Å²) in [7, 11) is 0. The van der Waals surface area contributed by atoms with Crippen LogP contribution in [0.3, 0.4) is 0 Å². The zero-order chi connectivity index (χ0) is 21.7. The van der Waals surface area contributed by atoms with Crippen molar-refractivity contribution in [3.05, 3.63) is 58.6 Å². The second-order valence-corrected chi connectivity index (χ2v) is 8.27. The molecule has 0 spiro atoms. The summed E-state index contributed by atoms with van der Waals surface area (Å²) in [4.78, 5) is 49.7. The molecule has 0 bridgehead atoms. The van der Waals surface area contributed by atoms with Crippen LogP contribution < -0.4 is 10.2 Å². The molecule has 1 atom stereocenters. The molecule has 0 saturated carbocycles. The van der Waals surface area contributed by atoms with Gasteiger partial charge in [-0.3, -0.25) is 19.2 Å². The number of nitrogens with one attached hydrogen (secondary N) is 1. The van der Waals surface area contributed by atoms with Crippen LogP contribution in [-0.4, -0.2) is 41.3 Å². The third-order valence-electron chi connectivity index (χ3n) is 4.09. The summed E-state index contributed by atoms with van der Waals surface area (Å²) in [6.07, 6.45) is -0.000569. The van der Waals surface area contributed by atoms with E-state index in [4.69, 9.17) is 27.9 Å². The van der Waals surface area contributed by atoms with Gasteiger partial charge in [0.1, 0.15) is 0 Å². The molecule has 1 aliphatic heterocycles. The first kappa shape index (κ1) is 22.1. The number of halogens is 2. The Morgan fingerprint density at radius 1 is 1.13 bits per heavy atom. The zero-order valence-corrected chi connectivity index (χ0v) is 17.8. The van der Waals surface area contributed by atoms with E-state index in [0.717, 1.165) is 16.7 Å². The summed E-state index contributed by atoms with van der Waals surface area (Å²) in [5.74, 6) is -2.13. The molecule has 3 amide bonds. The van der Waals surface area contributed by atoms with Gasteiger partial charge in [-0.15, -0.1) is 11.8 Å². The maximum absolute atomic E-state index is 12.5. The summed E-state index contributed by atoms with van der Waals surface area (Å²) in [5, 5.41) is 2.50. The molecule has 0 radical (unpaired) electrons. The zero-order valence-electron chi connectivity index (χ0n) is 15.5. The standard InChI is InChI=1S/C20H16Cl2N2O5S/c21-12-6-7-14(22)15(8-12)23-17(25)10-29-19(27)11-30-16-9-18(26)24(20(16)28)13-4-2-1-3-5-13/h1-8,16H,9-11H2,(H,23,25)/t16-/m0/s1. The van der Waals surface area contributed by atoms with Crippen LogP contribution in [0.25, 0.3) is 0 Å². The van der Waals surface area contributed by atoms with Crippen molar-refractivity contribution in [1.29, 1.82) is 0 Å². The van der Waals surface area contributed by atoms with Gasteiger partial charge < -0.3 is 10.1 Å². The molecule has 1 fully saturated rings. The lowest BCUT2D eigenvalue weighted by Gasteiger charge is -2.14. The van der Waals surface area contributed by atoms with Crippen molar-refractivity contribution in [3.63, 3.8) is 0 Å². The lowest BCUT2D eigenvalue weighted by atomic mass is 10.3. The van der Waals surface area contributed by atoms with Gasteiger partial charge in [-0.25, -0.2) is 4.90 Å². The van der Waals surface area contributed by atoms with Crippen molar-refractivity contribution in [2.75, 3.05) is 22.6 Å². The summed E-state index contributed by atoms with van der Waals surface area (Å²) in [6.45, 7) is -0.518. The van der Waals surface area contributed by atoms with E-state index in [1.807, 2.05) is 0 Å². The van der Waals surface area contributed by atoms with Crippen LogP contribution in [0.1, 0.15) is 6.42 Å². The molecule has 0 aliphatic carbocycles. The van der Waals surface area contributed by atoms with Crippen LogP contribution in [0, 0.1) is 0 Å². The van der Waals surface area contributed by atoms with Crippen LogP contribution in [0.5, 0.6) is 0 Å². The van der Waals surface area contributed by atoms with Gasteiger partial charge in [0.25, 0.3) is 5.91 Å². The highest BCUT2D eigenvalue weighted by Gasteiger charge is 2.40. The summed E-state index contributed by atoms with van der Waals surface area (Å²) < 4.78 is 4.92. The van der Waals surface area contributed by atoms with Crippen LogP contribution in [0.2, 0.25) is 10.0 Å². The monoisotopic (exact) mass is 466 g/mol. The molecule has 1 N–H and O–H groups in total. The molecule has 156 valence electrons.